The number of likely N-dealkylation sites (tertiary alicyclic amines) is 2. The van der Waals surface area contributed by atoms with E-state index in [-0.39, 0.29) is 11.5 Å². The number of aromatic nitrogens is 1. The van der Waals surface area contributed by atoms with Gasteiger partial charge in [-0.2, -0.15) is 0 Å². The molecule has 2 saturated heterocycles. The summed E-state index contributed by atoms with van der Waals surface area (Å²) in [5.74, 6) is 1.16. The van der Waals surface area contributed by atoms with Crippen molar-refractivity contribution in [1.29, 1.82) is 0 Å². The van der Waals surface area contributed by atoms with Crippen LogP contribution in [0.2, 0.25) is 0 Å². The maximum Gasteiger partial charge on any atom is 0.272 e. The third-order valence-corrected chi connectivity index (χ3v) is 7.64. The Morgan fingerprint density at radius 1 is 1.09 bits per heavy atom. The number of piperidine rings is 2. The Morgan fingerprint density at radius 3 is 2.53 bits per heavy atom. The summed E-state index contributed by atoms with van der Waals surface area (Å²) in [6, 6.07) is 10.2. The molecule has 2 aromatic rings. The van der Waals surface area contributed by atoms with E-state index in [1.54, 1.807) is 12.3 Å². The van der Waals surface area contributed by atoms with Gasteiger partial charge in [-0.3, -0.25) is 14.7 Å². The molecule has 5 rings (SSSR count). The standard InChI is InChI=1S/C27H34N3O2/c1-20-7-12-28-23(17-20)25(31)30-15-10-27(11-16-30)8-13-29(14-9-27)19-22-6-4-5-21-18-26(2,3)32-24(21)22/h4-7,12,17H,1,8-11,13-16,18-19H2,2-3H3. The third-order valence-electron chi connectivity index (χ3n) is 7.64. The minimum absolute atomic E-state index is 0.0450. The first-order chi connectivity index (χ1) is 15.3. The smallest absolute Gasteiger partial charge is 0.272 e. The maximum atomic E-state index is 12.8. The molecule has 5 nitrogen and oxygen atoms in total. The molecule has 3 aliphatic rings. The molecule has 1 aromatic heterocycles. The number of hydrogen-bond acceptors (Lipinski definition) is 4. The van der Waals surface area contributed by atoms with Crippen molar-refractivity contribution in [1.82, 2.24) is 14.8 Å². The van der Waals surface area contributed by atoms with Gasteiger partial charge in [0.05, 0.1) is 0 Å². The Hall–Kier alpha value is -2.40. The molecule has 0 N–H and O–H groups in total. The van der Waals surface area contributed by atoms with Crippen LogP contribution in [0.3, 0.4) is 0 Å². The number of hydrogen-bond donors (Lipinski definition) is 0. The molecule has 0 bridgehead atoms. The third kappa shape index (κ3) is 4.27. The molecular weight excluding hydrogens is 398 g/mol. The summed E-state index contributed by atoms with van der Waals surface area (Å²) in [6.07, 6.45) is 7.27. The number of fused-ring (bicyclic) bond motifs is 1. The monoisotopic (exact) mass is 432 g/mol. The molecule has 1 spiro atoms. The molecule has 0 atom stereocenters. The van der Waals surface area contributed by atoms with Crippen LogP contribution in [0.15, 0.2) is 36.5 Å². The van der Waals surface area contributed by atoms with Crippen molar-refractivity contribution in [2.24, 2.45) is 5.41 Å². The summed E-state index contributed by atoms with van der Waals surface area (Å²) in [4.78, 5) is 21.6. The van der Waals surface area contributed by atoms with Gasteiger partial charge in [0, 0.05) is 37.8 Å². The lowest BCUT2D eigenvalue weighted by Gasteiger charge is -2.47. The lowest BCUT2D eigenvalue weighted by atomic mass is 9.71. The van der Waals surface area contributed by atoms with Gasteiger partial charge in [-0.15, -0.1) is 0 Å². The molecule has 5 heteroatoms. The number of nitrogens with zero attached hydrogens (tertiary/aromatic N) is 3. The zero-order valence-electron chi connectivity index (χ0n) is 19.4. The van der Waals surface area contributed by atoms with Gasteiger partial charge in [-0.1, -0.05) is 18.2 Å². The highest BCUT2D eigenvalue weighted by atomic mass is 16.5. The summed E-state index contributed by atoms with van der Waals surface area (Å²) in [7, 11) is 0. The first kappa shape index (κ1) is 21.4. The normalized spacial score (nSPS) is 21.9. The van der Waals surface area contributed by atoms with E-state index in [0.717, 1.165) is 63.3 Å². The average molecular weight is 433 g/mol. The summed E-state index contributed by atoms with van der Waals surface area (Å²) in [5, 5.41) is 0. The number of pyridine rings is 1. The predicted octanol–water partition coefficient (Wildman–Crippen LogP) is 4.50. The van der Waals surface area contributed by atoms with Gasteiger partial charge >= 0.3 is 0 Å². The Balaban J connectivity index is 1.16. The lowest BCUT2D eigenvalue weighted by molar-refractivity contribution is 0.0279. The molecule has 32 heavy (non-hydrogen) atoms. The van der Waals surface area contributed by atoms with Crippen LogP contribution in [0.25, 0.3) is 0 Å². The highest BCUT2D eigenvalue weighted by Gasteiger charge is 2.39. The van der Waals surface area contributed by atoms with Gasteiger partial charge in [0.25, 0.3) is 5.91 Å². The second-order valence-electron chi connectivity index (χ2n) is 10.6. The quantitative estimate of drug-likeness (QED) is 0.717. The van der Waals surface area contributed by atoms with Crippen LogP contribution in [0.5, 0.6) is 5.75 Å². The molecular formula is C27H34N3O2. The molecule has 0 unspecified atom stereocenters. The van der Waals surface area contributed by atoms with E-state index in [1.807, 2.05) is 11.0 Å². The van der Waals surface area contributed by atoms with Gasteiger partial charge in [0.2, 0.25) is 0 Å². The highest BCUT2D eigenvalue weighted by molar-refractivity contribution is 5.92. The maximum absolute atomic E-state index is 12.8. The molecule has 169 valence electrons. The fourth-order valence-corrected chi connectivity index (χ4v) is 5.67. The van der Waals surface area contributed by atoms with E-state index in [9.17, 15) is 4.79 Å². The number of benzene rings is 1. The van der Waals surface area contributed by atoms with Crippen LogP contribution in [-0.4, -0.2) is 52.5 Å². The van der Waals surface area contributed by atoms with Crippen molar-refractivity contribution >= 4 is 5.91 Å². The van der Waals surface area contributed by atoms with Crippen LogP contribution in [0.4, 0.5) is 0 Å². The Morgan fingerprint density at radius 2 is 1.81 bits per heavy atom. The van der Waals surface area contributed by atoms with Crippen molar-refractivity contribution in [3.05, 3.63) is 65.8 Å². The van der Waals surface area contributed by atoms with E-state index >= 15 is 0 Å². The summed E-state index contributed by atoms with van der Waals surface area (Å²) < 4.78 is 6.28. The molecule has 4 heterocycles. The molecule has 1 radical (unpaired) electrons. The van der Waals surface area contributed by atoms with E-state index in [4.69, 9.17) is 4.74 Å². The first-order valence-electron chi connectivity index (χ1n) is 11.9. The van der Waals surface area contributed by atoms with Gasteiger partial charge in [0.15, 0.2) is 0 Å². The second kappa shape index (κ2) is 8.18. The molecule has 0 saturated carbocycles. The first-order valence-corrected chi connectivity index (χ1v) is 11.9. The van der Waals surface area contributed by atoms with Crippen LogP contribution in [-0.2, 0) is 13.0 Å². The average Bonchev–Trinajstić information content (AvgIpc) is 3.10. The molecule has 3 aliphatic heterocycles. The minimum Gasteiger partial charge on any atom is -0.487 e. The number of carbonyl (C=O) groups is 1. The van der Waals surface area contributed by atoms with E-state index < -0.39 is 0 Å². The van der Waals surface area contributed by atoms with Crippen molar-refractivity contribution in [2.45, 2.75) is 58.1 Å². The number of rotatable bonds is 3. The van der Waals surface area contributed by atoms with E-state index in [2.05, 4.69) is 48.9 Å². The molecule has 1 amide bonds. The minimum atomic E-state index is -0.0969. The van der Waals surface area contributed by atoms with Crippen LogP contribution < -0.4 is 4.74 Å². The van der Waals surface area contributed by atoms with E-state index in [0.29, 0.717) is 11.1 Å². The number of carbonyl (C=O) groups excluding carboxylic acids is 1. The SMILES string of the molecule is [CH2]c1ccnc(C(=O)N2CCC3(CCN(Cc4cccc5c4OC(C)(C)C5)CC3)CC2)c1. The van der Waals surface area contributed by atoms with Gasteiger partial charge in [-0.05, 0) is 88.2 Å². The number of para-hydroxylation sites is 1. The summed E-state index contributed by atoms with van der Waals surface area (Å²) >= 11 is 0. The van der Waals surface area contributed by atoms with Crippen molar-refractivity contribution in [3.63, 3.8) is 0 Å². The summed E-state index contributed by atoms with van der Waals surface area (Å²) in [5.41, 5.74) is 4.31. The van der Waals surface area contributed by atoms with Crippen LogP contribution in [0, 0.1) is 12.3 Å². The zero-order chi connectivity index (χ0) is 22.3. The van der Waals surface area contributed by atoms with Crippen molar-refractivity contribution < 1.29 is 9.53 Å². The fourth-order valence-electron chi connectivity index (χ4n) is 5.67. The topological polar surface area (TPSA) is 45.7 Å². The van der Waals surface area contributed by atoms with Crippen molar-refractivity contribution in [2.75, 3.05) is 26.2 Å². The summed E-state index contributed by atoms with van der Waals surface area (Å²) in [6.45, 7) is 13.1. The van der Waals surface area contributed by atoms with Crippen LogP contribution in [0.1, 0.15) is 66.7 Å². The zero-order valence-corrected chi connectivity index (χ0v) is 19.4. The van der Waals surface area contributed by atoms with Gasteiger partial charge in [0.1, 0.15) is 17.0 Å². The van der Waals surface area contributed by atoms with E-state index in [1.165, 1.54) is 24.0 Å². The second-order valence-corrected chi connectivity index (χ2v) is 10.6. The molecule has 1 aromatic carbocycles. The van der Waals surface area contributed by atoms with Crippen LogP contribution >= 0.6 is 0 Å². The highest BCUT2D eigenvalue weighted by Crippen LogP contribution is 2.43. The Labute approximate surface area is 191 Å². The molecule has 0 aliphatic carbocycles. The number of amides is 1. The molecule has 2 fully saturated rings. The lowest BCUT2D eigenvalue weighted by Crippen LogP contribution is -2.48. The Kier molecular flexibility index (Phi) is 5.48. The number of ether oxygens (including phenoxy) is 1. The van der Waals surface area contributed by atoms with Crippen molar-refractivity contribution in [3.8, 4) is 5.75 Å². The fraction of sp³-hybridized carbons (Fsp3) is 0.519. The van der Waals surface area contributed by atoms with Gasteiger partial charge < -0.3 is 9.64 Å². The Bertz CT molecular complexity index is 998. The predicted molar refractivity (Wildman–Crippen MR) is 126 cm³/mol. The largest absolute Gasteiger partial charge is 0.487 e. The van der Waals surface area contributed by atoms with Gasteiger partial charge in [-0.25, -0.2) is 0 Å².